The fourth-order valence-electron chi connectivity index (χ4n) is 1.43. The lowest BCUT2D eigenvalue weighted by molar-refractivity contribution is -0.144. The summed E-state index contributed by atoms with van der Waals surface area (Å²) in [5.41, 5.74) is 0.912. The molecule has 0 saturated heterocycles. The maximum Gasteiger partial charge on any atom is 0.407 e. The van der Waals surface area contributed by atoms with E-state index in [1.807, 2.05) is 30.3 Å². The average Bonchev–Trinajstić information content (AvgIpc) is 2.48. The van der Waals surface area contributed by atoms with Crippen LogP contribution in [0.4, 0.5) is 4.79 Å². The molecular weight excluding hydrogens is 262 g/mol. The lowest BCUT2D eigenvalue weighted by Gasteiger charge is -2.07. The van der Waals surface area contributed by atoms with Gasteiger partial charge in [0.15, 0.2) is 0 Å². The zero-order valence-electron chi connectivity index (χ0n) is 11.2. The Morgan fingerprint density at radius 3 is 2.60 bits per heavy atom. The minimum atomic E-state index is -0.516. The Bertz CT molecular complexity index is 407. The molecule has 6 heteroatoms. The second-order valence-electron chi connectivity index (χ2n) is 4.04. The summed E-state index contributed by atoms with van der Waals surface area (Å²) < 4.78 is 9.67. The van der Waals surface area contributed by atoms with Gasteiger partial charge < -0.3 is 19.9 Å². The first-order chi connectivity index (χ1) is 9.72. The van der Waals surface area contributed by atoms with Gasteiger partial charge >= 0.3 is 12.1 Å². The molecular formula is C14H19NO5. The molecule has 1 aromatic carbocycles. The molecule has 6 nitrogen and oxygen atoms in total. The van der Waals surface area contributed by atoms with Gasteiger partial charge in [-0.15, -0.1) is 0 Å². The van der Waals surface area contributed by atoms with E-state index in [-0.39, 0.29) is 26.2 Å². The van der Waals surface area contributed by atoms with Crippen LogP contribution in [0, 0.1) is 0 Å². The number of hydrogen-bond acceptors (Lipinski definition) is 5. The van der Waals surface area contributed by atoms with Gasteiger partial charge in [-0.1, -0.05) is 30.3 Å². The number of amides is 1. The summed E-state index contributed by atoms with van der Waals surface area (Å²) in [4.78, 5) is 22.4. The summed E-state index contributed by atoms with van der Waals surface area (Å²) >= 11 is 0. The first-order valence-electron chi connectivity index (χ1n) is 6.43. The number of rotatable bonds is 8. The van der Waals surface area contributed by atoms with Gasteiger partial charge in [-0.3, -0.25) is 4.79 Å². The average molecular weight is 281 g/mol. The molecule has 0 spiro atoms. The molecule has 0 fully saturated rings. The Balaban J connectivity index is 2.04. The van der Waals surface area contributed by atoms with Crippen LogP contribution >= 0.6 is 0 Å². The van der Waals surface area contributed by atoms with Crippen molar-refractivity contribution >= 4 is 12.1 Å². The predicted molar refractivity (Wildman–Crippen MR) is 71.9 cm³/mol. The smallest absolute Gasteiger partial charge is 0.407 e. The summed E-state index contributed by atoms with van der Waals surface area (Å²) in [5.74, 6) is -0.390. The first-order valence-corrected chi connectivity index (χ1v) is 6.43. The van der Waals surface area contributed by atoms with E-state index in [1.165, 1.54) is 0 Å². The van der Waals surface area contributed by atoms with E-state index in [1.54, 1.807) is 0 Å². The van der Waals surface area contributed by atoms with E-state index in [2.05, 4.69) is 10.1 Å². The third-order valence-corrected chi connectivity index (χ3v) is 2.39. The third-order valence-electron chi connectivity index (χ3n) is 2.39. The van der Waals surface area contributed by atoms with Crippen LogP contribution < -0.4 is 5.32 Å². The number of aliphatic hydroxyl groups is 1. The van der Waals surface area contributed by atoms with Crippen molar-refractivity contribution in [3.63, 3.8) is 0 Å². The molecule has 0 unspecified atom stereocenters. The van der Waals surface area contributed by atoms with Crippen molar-refractivity contribution in [1.82, 2.24) is 5.32 Å². The zero-order valence-corrected chi connectivity index (χ0v) is 11.2. The molecule has 0 aliphatic carbocycles. The van der Waals surface area contributed by atoms with Gasteiger partial charge in [0.1, 0.15) is 13.2 Å². The standard InChI is InChI=1S/C14H19NO5/c16-9-10-19-13(17)7-4-8-15-14(18)20-11-12-5-2-1-3-6-12/h1-3,5-6,16H,4,7-11H2,(H,15,18). The van der Waals surface area contributed by atoms with Gasteiger partial charge in [-0.05, 0) is 12.0 Å². The fraction of sp³-hybridized carbons (Fsp3) is 0.429. The number of nitrogens with one attached hydrogen (secondary N) is 1. The van der Waals surface area contributed by atoms with Crippen molar-refractivity contribution in [3.05, 3.63) is 35.9 Å². The summed E-state index contributed by atoms with van der Waals surface area (Å²) in [7, 11) is 0. The highest BCUT2D eigenvalue weighted by Crippen LogP contribution is 2.00. The molecule has 0 saturated carbocycles. The summed E-state index contributed by atoms with van der Waals surface area (Å²) in [6.45, 7) is 0.369. The number of benzene rings is 1. The van der Waals surface area contributed by atoms with Gasteiger partial charge in [0.25, 0.3) is 0 Å². The third kappa shape index (κ3) is 7.38. The second kappa shape index (κ2) is 9.80. The monoisotopic (exact) mass is 281 g/mol. The maximum absolute atomic E-state index is 11.4. The largest absolute Gasteiger partial charge is 0.463 e. The van der Waals surface area contributed by atoms with E-state index in [0.717, 1.165) is 5.56 Å². The highest BCUT2D eigenvalue weighted by atomic mass is 16.5. The molecule has 20 heavy (non-hydrogen) atoms. The van der Waals surface area contributed by atoms with Crippen LogP contribution in [0.25, 0.3) is 0 Å². The van der Waals surface area contributed by atoms with Crippen LogP contribution in [0.5, 0.6) is 0 Å². The lowest BCUT2D eigenvalue weighted by atomic mass is 10.2. The van der Waals surface area contributed by atoms with E-state index in [0.29, 0.717) is 13.0 Å². The summed E-state index contributed by atoms with van der Waals surface area (Å²) in [5, 5.41) is 11.0. The van der Waals surface area contributed by atoms with E-state index in [9.17, 15) is 9.59 Å². The first kappa shape index (κ1) is 16.0. The molecule has 0 aliphatic heterocycles. The van der Waals surface area contributed by atoms with Gasteiger partial charge in [-0.2, -0.15) is 0 Å². The number of carbonyl (C=O) groups excluding carboxylic acids is 2. The Morgan fingerprint density at radius 1 is 1.15 bits per heavy atom. The number of hydrogen-bond donors (Lipinski definition) is 2. The Morgan fingerprint density at radius 2 is 1.90 bits per heavy atom. The quantitative estimate of drug-likeness (QED) is 0.553. The highest BCUT2D eigenvalue weighted by Gasteiger charge is 2.04. The summed E-state index contributed by atoms with van der Waals surface area (Å²) in [6.07, 6.45) is 0.140. The molecule has 1 rings (SSSR count). The van der Waals surface area contributed by atoms with Gasteiger partial charge in [0.2, 0.25) is 0 Å². The van der Waals surface area contributed by atoms with Crippen molar-refractivity contribution in [3.8, 4) is 0 Å². The fourth-order valence-corrected chi connectivity index (χ4v) is 1.43. The second-order valence-corrected chi connectivity index (χ2v) is 4.04. The number of esters is 1. The van der Waals surface area contributed by atoms with Crippen LogP contribution in [0.2, 0.25) is 0 Å². The lowest BCUT2D eigenvalue weighted by Crippen LogP contribution is -2.25. The molecule has 1 amide bonds. The number of carbonyl (C=O) groups is 2. The minimum Gasteiger partial charge on any atom is -0.463 e. The van der Waals surface area contributed by atoms with Crippen molar-refractivity contribution in [2.24, 2.45) is 0 Å². The van der Waals surface area contributed by atoms with Gasteiger partial charge in [-0.25, -0.2) is 4.79 Å². The molecule has 1 aromatic rings. The van der Waals surface area contributed by atoms with E-state index >= 15 is 0 Å². The van der Waals surface area contributed by atoms with Gasteiger partial charge in [0.05, 0.1) is 6.61 Å². The highest BCUT2D eigenvalue weighted by molar-refractivity contribution is 5.69. The van der Waals surface area contributed by atoms with E-state index in [4.69, 9.17) is 9.84 Å². The molecule has 0 aliphatic rings. The van der Waals surface area contributed by atoms with Crippen LogP contribution in [-0.2, 0) is 20.9 Å². The van der Waals surface area contributed by atoms with Gasteiger partial charge in [0, 0.05) is 13.0 Å². The number of ether oxygens (including phenoxy) is 2. The van der Waals surface area contributed by atoms with Crippen LogP contribution in [0.3, 0.4) is 0 Å². The number of aliphatic hydroxyl groups excluding tert-OH is 1. The van der Waals surface area contributed by atoms with Crippen LogP contribution in [0.15, 0.2) is 30.3 Å². The molecule has 110 valence electrons. The van der Waals surface area contributed by atoms with Crippen molar-refractivity contribution in [2.75, 3.05) is 19.8 Å². The Labute approximate surface area is 117 Å². The molecule has 0 radical (unpaired) electrons. The molecule has 0 bridgehead atoms. The molecule has 0 aromatic heterocycles. The van der Waals surface area contributed by atoms with Crippen molar-refractivity contribution in [2.45, 2.75) is 19.4 Å². The SMILES string of the molecule is O=C(CCCNC(=O)OCc1ccccc1)OCCO. The summed E-state index contributed by atoms with van der Waals surface area (Å²) in [6, 6.07) is 9.36. The molecule has 2 N–H and O–H groups in total. The Kier molecular flexibility index (Phi) is 7.83. The topological polar surface area (TPSA) is 84.9 Å². The maximum atomic E-state index is 11.4. The number of alkyl carbamates (subject to hydrolysis) is 1. The molecule has 0 heterocycles. The molecule has 0 atom stereocenters. The van der Waals surface area contributed by atoms with Crippen molar-refractivity contribution < 1.29 is 24.2 Å². The Hall–Kier alpha value is -2.08. The minimum absolute atomic E-state index is 0.00534. The van der Waals surface area contributed by atoms with E-state index < -0.39 is 12.1 Å². The van der Waals surface area contributed by atoms with Crippen molar-refractivity contribution in [1.29, 1.82) is 0 Å². The van der Waals surface area contributed by atoms with Crippen LogP contribution in [0.1, 0.15) is 18.4 Å². The predicted octanol–water partition coefficient (Wildman–Crippen LogP) is 1.23. The van der Waals surface area contributed by atoms with Crippen LogP contribution in [-0.4, -0.2) is 36.9 Å². The zero-order chi connectivity index (χ0) is 14.6. The normalized spacial score (nSPS) is 9.85.